The molecule has 0 aromatic carbocycles. The van der Waals surface area contributed by atoms with Gasteiger partial charge in [0.1, 0.15) is 11.6 Å². The van der Waals surface area contributed by atoms with Crippen molar-refractivity contribution in [3.8, 4) is 0 Å². The first-order valence-electron chi connectivity index (χ1n) is 5.12. The van der Waals surface area contributed by atoms with Crippen molar-refractivity contribution in [2.75, 3.05) is 0 Å². The van der Waals surface area contributed by atoms with Gasteiger partial charge in [0.15, 0.2) is 0 Å². The predicted octanol–water partition coefficient (Wildman–Crippen LogP) is 2.97. The molecule has 1 aromatic rings. The maximum atomic E-state index is 4.13. The van der Waals surface area contributed by atoms with Crippen molar-refractivity contribution >= 4 is 0 Å². The SMILES string of the molecule is CC.CC.CCn1nc(C)nc1C. The molecular formula is C10H23N3. The van der Waals surface area contributed by atoms with E-state index in [2.05, 4.69) is 17.0 Å². The molecule has 3 nitrogen and oxygen atoms in total. The van der Waals surface area contributed by atoms with E-state index in [0.717, 1.165) is 18.2 Å². The summed E-state index contributed by atoms with van der Waals surface area (Å²) in [5.41, 5.74) is 0. The first-order valence-corrected chi connectivity index (χ1v) is 5.12. The third kappa shape index (κ3) is 5.39. The number of aryl methyl sites for hydroxylation is 3. The van der Waals surface area contributed by atoms with Gasteiger partial charge in [0.25, 0.3) is 0 Å². The highest BCUT2D eigenvalue weighted by Crippen LogP contribution is 1.93. The molecule has 13 heavy (non-hydrogen) atoms. The Labute approximate surface area is 82.2 Å². The van der Waals surface area contributed by atoms with E-state index >= 15 is 0 Å². The number of aromatic nitrogens is 3. The van der Waals surface area contributed by atoms with Crippen LogP contribution >= 0.6 is 0 Å². The van der Waals surface area contributed by atoms with Crippen LogP contribution in [0.3, 0.4) is 0 Å². The lowest BCUT2D eigenvalue weighted by molar-refractivity contribution is 0.631. The monoisotopic (exact) mass is 185 g/mol. The molecule has 0 aliphatic heterocycles. The lowest BCUT2D eigenvalue weighted by Crippen LogP contribution is -1.98. The molecule has 0 bridgehead atoms. The van der Waals surface area contributed by atoms with Crippen LogP contribution in [0, 0.1) is 13.8 Å². The zero-order valence-electron chi connectivity index (χ0n) is 10.0. The highest BCUT2D eigenvalue weighted by molar-refractivity contribution is 4.86. The fourth-order valence-electron chi connectivity index (χ4n) is 0.861. The van der Waals surface area contributed by atoms with E-state index in [0.29, 0.717) is 0 Å². The van der Waals surface area contributed by atoms with Crippen molar-refractivity contribution in [3.63, 3.8) is 0 Å². The maximum absolute atomic E-state index is 4.13. The molecule has 0 saturated heterocycles. The number of rotatable bonds is 1. The molecule has 0 aliphatic rings. The standard InChI is InChI=1S/C6H11N3.2C2H6/c1-4-9-6(3)7-5(2)8-9;2*1-2/h4H2,1-3H3;2*1-2H3. The van der Waals surface area contributed by atoms with Crippen LogP contribution in [0.2, 0.25) is 0 Å². The van der Waals surface area contributed by atoms with Crippen molar-refractivity contribution < 1.29 is 0 Å². The molecule has 0 radical (unpaired) electrons. The Bertz CT molecular complexity index is 204. The fourth-order valence-corrected chi connectivity index (χ4v) is 0.861. The van der Waals surface area contributed by atoms with E-state index in [4.69, 9.17) is 0 Å². The van der Waals surface area contributed by atoms with Gasteiger partial charge >= 0.3 is 0 Å². The molecule has 1 heterocycles. The third-order valence-electron chi connectivity index (χ3n) is 1.26. The Hall–Kier alpha value is -0.860. The van der Waals surface area contributed by atoms with Gasteiger partial charge in [-0.05, 0) is 20.8 Å². The van der Waals surface area contributed by atoms with Gasteiger partial charge < -0.3 is 0 Å². The number of hydrogen-bond donors (Lipinski definition) is 0. The molecule has 3 heteroatoms. The van der Waals surface area contributed by atoms with Gasteiger partial charge in [-0.2, -0.15) is 5.10 Å². The minimum atomic E-state index is 0.856. The summed E-state index contributed by atoms with van der Waals surface area (Å²) in [6.07, 6.45) is 0. The Morgan fingerprint density at radius 2 is 1.54 bits per heavy atom. The second-order valence-corrected chi connectivity index (χ2v) is 2.02. The molecule has 0 saturated carbocycles. The third-order valence-corrected chi connectivity index (χ3v) is 1.26. The topological polar surface area (TPSA) is 30.7 Å². The summed E-state index contributed by atoms with van der Waals surface area (Å²) in [6, 6.07) is 0. The van der Waals surface area contributed by atoms with E-state index in [9.17, 15) is 0 Å². The Morgan fingerprint density at radius 1 is 1.08 bits per heavy atom. The van der Waals surface area contributed by atoms with Gasteiger partial charge in [-0.25, -0.2) is 4.98 Å². The summed E-state index contributed by atoms with van der Waals surface area (Å²) < 4.78 is 1.88. The molecule has 78 valence electrons. The van der Waals surface area contributed by atoms with Crippen LogP contribution in [0.25, 0.3) is 0 Å². The minimum absolute atomic E-state index is 0.856. The normalized spacial score (nSPS) is 7.92. The van der Waals surface area contributed by atoms with E-state index in [1.165, 1.54) is 0 Å². The van der Waals surface area contributed by atoms with Crippen LogP contribution in [0.4, 0.5) is 0 Å². The highest BCUT2D eigenvalue weighted by Gasteiger charge is 1.96. The number of hydrogen-bond acceptors (Lipinski definition) is 2. The second-order valence-electron chi connectivity index (χ2n) is 2.02. The average Bonchev–Trinajstić information content (AvgIpc) is 2.51. The van der Waals surface area contributed by atoms with Gasteiger partial charge in [0, 0.05) is 6.54 Å². The van der Waals surface area contributed by atoms with Crippen molar-refractivity contribution in [1.29, 1.82) is 0 Å². The maximum Gasteiger partial charge on any atom is 0.147 e. The average molecular weight is 185 g/mol. The van der Waals surface area contributed by atoms with Crippen LogP contribution < -0.4 is 0 Å². The van der Waals surface area contributed by atoms with Gasteiger partial charge in [-0.1, -0.05) is 27.7 Å². The molecule has 1 aromatic heterocycles. The zero-order valence-corrected chi connectivity index (χ0v) is 10.0. The summed E-state index contributed by atoms with van der Waals surface area (Å²) in [7, 11) is 0. The van der Waals surface area contributed by atoms with Gasteiger partial charge in [-0.3, -0.25) is 4.68 Å². The van der Waals surface area contributed by atoms with Crippen LogP contribution in [-0.2, 0) is 6.54 Å². The van der Waals surface area contributed by atoms with E-state index in [1.807, 2.05) is 46.2 Å². The van der Waals surface area contributed by atoms with Crippen LogP contribution in [-0.4, -0.2) is 14.8 Å². The molecule has 0 N–H and O–H groups in total. The van der Waals surface area contributed by atoms with Crippen LogP contribution in [0.1, 0.15) is 46.3 Å². The van der Waals surface area contributed by atoms with Gasteiger partial charge in [-0.15, -0.1) is 0 Å². The highest BCUT2D eigenvalue weighted by atomic mass is 15.3. The van der Waals surface area contributed by atoms with E-state index in [1.54, 1.807) is 0 Å². The van der Waals surface area contributed by atoms with E-state index < -0.39 is 0 Å². The summed E-state index contributed by atoms with van der Waals surface area (Å²) >= 11 is 0. The Balaban J connectivity index is 0. The molecule has 0 unspecified atom stereocenters. The molecule has 0 aliphatic carbocycles. The summed E-state index contributed by atoms with van der Waals surface area (Å²) in [5.74, 6) is 1.85. The van der Waals surface area contributed by atoms with Crippen LogP contribution in [0.5, 0.6) is 0 Å². The van der Waals surface area contributed by atoms with Crippen molar-refractivity contribution in [2.45, 2.75) is 55.0 Å². The lowest BCUT2D eigenvalue weighted by Gasteiger charge is -1.92. The fraction of sp³-hybridized carbons (Fsp3) is 0.800. The van der Waals surface area contributed by atoms with Crippen LogP contribution in [0.15, 0.2) is 0 Å². The van der Waals surface area contributed by atoms with Gasteiger partial charge in [0.2, 0.25) is 0 Å². The van der Waals surface area contributed by atoms with Crippen molar-refractivity contribution in [2.24, 2.45) is 0 Å². The number of nitrogens with zero attached hydrogens (tertiary/aromatic N) is 3. The van der Waals surface area contributed by atoms with Crippen molar-refractivity contribution in [3.05, 3.63) is 11.6 Å². The molecule has 1 rings (SSSR count). The smallest absolute Gasteiger partial charge is 0.147 e. The summed E-state index contributed by atoms with van der Waals surface area (Å²) in [6.45, 7) is 14.8. The Kier molecular flexibility index (Phi) is 10.4. The first-order chi connectivity index (χ1) is 6.24. The first kappa shape index (κ1) is 14.7. The zero-order chi connectivity index (χ0) is 10.9. The molecule has 0 amide bonds. The van der Waals surface area contributed by atoms with E-state index in [-0.39, 0.29) is 0 Å². The quantitative estimate of drug-likeness (QED) is 0.673. The molecule has 0 fully saturated rings. The summed E-state index contributed by atoms with van der Waals surface area (Å²) in [5, 5.41) is 4.13. The van der Waals surface area contributed by atoms with Crippen molar-refractivity contribution in [1.82, 2.24) is 14.8 Å². The molecule has 0 atom stereocenters. The second kappa shape index (κ2) is 9.23. The predicted molar refractivity (Wildman–Crippen MR) is 57.9 cm³/mol. The lowest BCUT2D eigenvalue weighted by atomic mass is 10.6. The largest absolute Gasteiger partial charge is 0.250 e. The van der Waals surface area contributed by atoms with Gasteiger partial charge in [0.05, 0.1) is 0 Å². The molecular weight excluding hydrogens is 162 g/mol. The summed E-state index contributed by atoms with van der Waals surface area (Å²) in [4.78, 5) is 4.13. The Morgan fingerprint density at radius 3 is 1.69 bits per heavy atom. The molecule has 0 spiro atoms. The minimum Gasteiger partial charge on any atom is -0.250 e.